The number of rotatable bonds is 4. The van der Waals surface area contributed by atoms with E-state index in [1.807, 2.05) is 42.5 Å². The van der Waals surface area contributed by atoms with Gasteiger partial charge in [0.1, 0.15) is 5.54 Å². The number of nitriles is 1. The zero-order chi connectivity index (χ0) is 17.2. The van der Waals surface area contributed by atoms with Gasteiger partial charge in [0.15, 0.2) is 0 Å². The summed E-state index contributed by atoms with van der Waals surface area (Å²) in [6.45, 7) is 0.643. The molecule has 3 rings (SSSR count). The topological polar surface area (TPSA) is 87.2 Å². The van der Waals surface area contributed by atoms with Crippen LogP contribution in [0, 0.1) is 11.3 Å². The van der Waals surface area contributed by atoms with Crippen LogP contribution in [0.15, 0.2) is 42.5 Å². The molecular weight excluding hydrogens is 322 g/mol. The number of sulfonamides is 1. The minimum Gasteiger partial charge on any atom is -0.313 e. The number of fused-ring (bicyclic) bond motifs is 1. The monoisotopic (exact) mass is 343 g/mol. The molecule has 1 aliphatic heterocycles. The average molecular weight is 343 g/mol. The predicted octanol–water partition coefficient (Wildman–Crippen LogP) is 2.03. The van der Waals surface area contributed by atoms with Crippen LogP contribution >= 0.6 is 0 Å². The van der Waals surface area contributed by atoms with Crippen LogP contribution in [0.3, 0.4) is 0 Å². The Bertz CT molecular complexity index is 873. The van der Waals surface area contributed by atoms with Crippen LogP contribution in [0.2, 0.25) is 0 Å². The van der Waals surface area contributed by atoms with E-state index in [0.29, 0.717) is 32.4 Å². The maximum atomic E-state index is 12.6. The Morgan fingerprint density at radius 3 is 2.50 bits per heavy atom. The molecule has 1 heterocycles. The lowest BCUT2D eigenvalue weighted by molar-refractivity contribution is 0.279. The van der Waals surface area contributed by atoms with Crippen molar-refractivity contribution in [1.29, 1.82) is 5.26 Å². The number of hydrogen-bond donors (Lipinski definition) is 1. The SMILES string of the molecule is N#CC1(N)CCN(S(=O)(=O)CCc2cccc3ccccc23)CC1. The molecule has 5 nitrogen and oxygen atoms in total. The summed E-state index contributed by atoms with van der Waals surface area (Å²) in [5.41, 5.74) is 6.06. The summed E-state index contributed by atoms with van der Waals surface area (Å²) in [6, 6.07) is 16.0. The zero-order valence-corrected chi connectivity index (χ0v) is 14.3. The Morgan fingerprint density at radius 2 is 1.79 bits per heavy atom. The van der Waals surface area contributed by atoms with Crippen molar-refractivity contribution in [3.63, 3.8) is 0 Å². The van der Waals surface area contributed by atoms with Gasteiger partial charge in [0.05, 0.1) is 11.8 Å². The van der Waals surface area contributed by atoms with Crippen LogP contribution < -0.4 is 5.73 Å². The van der Waals surface area contributed by atoms with Gasteiger partial charge >= 0.3 is 0 Å². The molecule has 0 bridgehead atoms. The summed E-state index contributed by atoms with van der Waals surface area (Å²) >= 11 is 0. The van der Waals surface area contributed by atoms with Crippen LogP contribution in [0.1, 0.15) is 18.4 Å². The highest BCUT2D eigenvalue weighted by atomic mass is 32.2. The quantitative estimate of drug-likeness (QED) is 0.920. The van der Waals surface area contributed by atoms with Crippen molar-refractivity contribution in [3.8, 4) is 6.07 Å². The molecule has 0 aliphatic carbocycles. The molecule has 6 heteroatoms. The largest absolute Gasteiger partial charge is 0.313 e. The first kappa shape index (κ1) is 16.9. The first-order chi connectivity index (χ1) is 11.4. The van der Waals surface area contributed by atoms with Gasteiger partial charge in [0.25, 0.3) is 0 Å². The number of nitrogens with zero attached hydrogens (tertiary/aromatic N) is 2. The van der Waals surface area contributed by atoms with Crippen LogP contribution in [-0.2, 0) is 16.4 Å². The molecule has 0 spiro atoms. The molecule has 2 aromatic rings. The zero-order valence-electron chi connectivity index (χ0n) is 13.5. The standard InChI is InChI=1S/C18H21N3O2S/c19-14-18(20)9-11-21(12-10-18)24(22,23)13-8-16-6-3-5-15-4-1-2-7-17(15)16/h1-7H,8-13,20H2. The van der Waals surface area contributed by atoms with Crippen LogP contribution in [0.25, 0.3) is 10.8 Å². The van der Waals surface area contributed by atoms with E-state index in [0.717, 1.165) is 16.3 Å². The van der Waals surface area contributed by atoms with Crippen molar-refractivity contribution in [2.75, 3.05) is 18.8 Å². The number of nitrogens with two attached hydrogens (primary N) is 1. The van der Waals surface area contributed by atoms with Crippen molar-refractivity contribution in [2.24, 2.45) is 5.73 Å². The minimum absolute atomic E-state index is 0.0745. The van der Waals surface area contributed by atoms with Gasteiger partial charge in [-0.05, 0) is 35.6 Å². The fourth-order valence-electron chi connectivity index (χ4n) is 3.15. The summed E-state index contributed by atoms with van der Waals surface area (Å²) in [4.78, 5) is 0. The Hall–Kier alpha value is -1.94. The van der Waals surface area contributed by atoms with Gasteiger partial charge in [-0.3, -0.25) is 0 Å². The first-order valence-corrected chi connectivity index (χ1v) is 9.69. The molecule has 2 aromatic carbocycles. The molecule has 0 atom stereocenters. The Labute approximate surface area is 142 Å². The normalized spacial score (nSPS) is 18.3. The highest BCUT2D eigenvalue weighted by molar-refractivity contribution is 7.89. The molecular formula is C18H21N3O2S. The molecule has 24 heavy (non-hydrogen) atoms. The highest BCUT2D eigenvalue weighted by Gasteiger charge is 2.35. The van der Waals surface area contributed by atoms with Crippen molar-refractivity contribution in [1.82, 2.24) is 4.31 Å². The van der Waals surface area contributed by atoms with E-state index in [1.165, 1.54) is 4.31 Å². The lowest BCUT2D eigenvalue weighted by Crippen LogP contribution is -2.51. The number of aryl methyl sites for hydroxylation is 1. The fraction of sp³-hybridized carbons (Fsp3) is 0.389. The fourth-order valence-corrected chi connectivity index (χ4v) is 4.63. The maximum Gasteiger partial charge on any atom is 0.214 e. The number of piperidine rings is 1. The second-order valence-electron chi connectivity index (χ2n) is 6.37. The summed E-state index contributed by atoms with van der Waals surface area (Å²) in [7, 11) is -3.34. The highest BCUT2D eigenvalue weighted by Crippen LogP contribution is 2.23. The van der Waals surface area contributed by atoms with Gasteiger partial charge in [0, 0.05) is 13.1 Å². The molecule has 0 unspecified atom stereocenters. The van der Waals surface area contributed by atoms with E-state index < -0.39 is 15.6 Å². The van der Waals surface area contributed by atoms with Crippen LogP contribution in [0.4, 0.5) is 0 Å². The molecule has 126 valence electrons. The Kier molecular flexibility index (Phi) is 4.59. The third-order valence-corrected chi connectivity index (χ3v) is 6.61. The molecule has 1 fully saturated rings. The molecule has 0 saturated carbocycles. The second kappa shape index (κ2) is 6.52. The molecule has 0 amide bonds. The van der Waals surface area contributed by atoms with E-state index in [9.17, 15) is 8.42 Å². The summed E-state index contributed by atoms with van der Waals surface area (Å²) in [5, 5.41) is 11.3. The molecule has 0 aromatic heterocycles. The smallest absolute Gasteiger partial charge is 0.214 e. The summed E-state index contributed by atoms with van der Waals surface area (Å²) < 4.78 is 26.7. The Morgan fingerprint density at radius 1 is 1.12 bits per heavy atom. The lowest BCUT2D eigenvalue weighted by Gasteiger charge is -2.33. The van der Waals surface area contributed by atoms with E-state index in [1.54, 1.807) is 0 Å². The van der Waals surface area contributed by atoms with E-state index in [4.69, 9.17) is 11.0 Å². The number of benzene rings is 2. The van der Waals surface area contributed by atoms with Gasteiger partial charge in [-0.1, -0.05) is 42.5 Å². The van der Waals surface area contributed by atoms with Gasteiger partial charge < -0.3 is 5.73 Å². The first-order valence-electron chi connectivity index (χ1n) is 8.08. The Balaban J connectivity index is 1.71. The predicted molar refractivity (Wildman–Crippen MR) is 94.8 cm³/mol. The average Bonchev–Trinajstić information content (AvgIpc) is 2.60. The van der Waals surface area contributed by atoms with Crippen molar-refractivity contribution in [2.45, 2.75) is 24.8 Å². The molecule has 2 N–H and O–H groups in total. The maximum absolute atomic E-state index is 12.6. The van der Waals surface area contributed by atoms with E-state index in [2.05, 4.69) is 6.07 Å². The molecule has 1 aliphatic rings. The third-order valence-electron chi connectivity index (χ3n) is 4.74. The second-order valence-corrected chi connectivity index (χ2v) is 8.46. The van der Waals surface area contributed by atoms with Gasteiger partial charge in [-0.15, -0.1) is 0 Å². The van der Waals surface area contributed by atoms with Crippen LogP contribution in [0.5, 0.6) is 0 Å². The van der Waals surface area contributed by atoms with Gasteiger partial charge in [-0.25, -0.2) is 12.7 Å². The minimum atomic E-state index is -3.34. The van der Waals surface area contributed by atoms with Gasteiger partial charge in [0.2, 0.25) is 10.0 Å². The van der Waals surface area contributed by atoms with E-state index in [-0.39, 0.29) is 5.75 Å². The number of hydrogen-bond acceptors (Lipinski definition) is 4. The molecule has 1 saturated heterocycles. The van der Waals surface area contributed by atoms with Gasteiger partial charge in [-0.2, -0.15) is 5.26 Å². The lowest BCUT2D eigenvalue weighted by atomic mass is 9.91. The van der Waals surface area contributed by atoms with Crippen molar-refractivity contribution >= 4 is 20.8 Å². The summed E-state index contributed by atoms with van der Waals surface area (Å²) in [5.74, 6) is 0.0745. The third kappa shape index (κ3) is 3.44. The van der Waals surface area contributed by atoms with Crippen molar-refractivity contribution in [3.05, 3.63) is 48.0 Å². The van der Waals surface area contributed by atoms with Crippen LogP contribution in [-0.4, -0.2) is 37.1 Å². The summed E-state index contributed by atoms with van der Waals surface area (Å²) in [6.07, 6.45) is 1.25. The van der Waals surface area contributed by atoms with E-state index >= 15 is 0 Å². The van der Waals surface area contributed by atoms with Crippen molar-refractivity contribution < 1.29 is 8.42 Å². The molecule has 0 radical (unpaired) electrons.